The molecule has 0 saturated heterocycles. The van der Waals surface area contributed by atoms with Crippen molar-refractivity contribution in [3.05, 3.63) is 76.4 Å². The van der Waals surface area contributed by atoms with Crippen LogP contribution in [-0.4, -0.2) is 38.9 Å². The zero-order chi connectivity index (χ0) is 24.0. The average Bonchev–Trinajstić information content (AvgIpc) is 3.45. The molecule has 3 aromatic rings. The van der Waals surface area contributed by atoms with Crippen LogP contribution in [0.5, 0.6) is 0 Å². The van der Waals surface area contributed by atoms with E-state index < -0.39 is 0 Å². The SMILES string of the molecule is CCC(C)N(CC(=O)N(Cc1ccco1)Cc1cccn1C)C(=O)Nc1ccc(Cl)c(Cl)c1. The second-order valence-corrected chi connectivity index (χ2v) is 8.70. The van der Waals surface area contributed by atoms with Crippen LogP contribution in [0.3, 0.4) is 0 Å². The van der Waals surface area contributed by atoms with Crippen LogP contribution >= 0.6 is 23.2 Å². The number of nitrogens with one attached hydrogen (secondary N) is 1. The van der Waals surface area contributed by atoms with Crippen molar-refractivity contribution in [3.8, 4) is 0 Å². The van der Waals surface area contributed by atoms with E-state index in [1.54, 1.807) is 35.4 Å². The normalized spacial score (nSPS) is 11.8. The lowest BCUT2D eigenvalue weighted by atomic mass is 10.2. The molecule has 9 heteroatoms. The number of halogens is 2. The quantitative estimate of drug-likeness (QED) is 0.412. The number of benzene rings is 1. The molecule has 2 aromatic heterocycles. The topological polar surface area (TPSA) is 70.7 Å². The van der Waals surface area contributed by atoms with E-state index in [4.69, 9.17) is 27.6 Å². The fraction of sp³-hybridized carbons (Fsp3) is 0.333. The third-order valence-electron chi connectivity index (χ3n) is 5.54. The molecule has 3 amide bonds. The number of carbonyl (C=O) groups excluding carboxylic acids is 2. The van der Waals surface area contributed by atoms with E-state index >= 15 is 0 Å². The molecule has 0 aliphatic heterocycles. The molecule has 0 aliphatic carbocycles. The van der Waals surface area contributed by atoms with Gasteiger partial charge in [-0.05, 0) is 55.8 Å². The molecule has 1 unspecified atom stereocenters. The van der Waals surface area contributed by atoms with E-state index in [1.165, 1.54) is 4.90 Å². The van der Waals surface area contributed by atoms with Gasteiger partial charge in [0.05, 0.1) is 29.4 Å². The molecule has 0 spiro atoms. The second kappa shape index (κ2) is 11.3. The predicted molar refractivity (Wildman–Crippen MR) is 130 cm³/mol. The van der Waals surface area contributed by atoms with Crippen molar-refractivity contribution < 1.29 is 14.0 Å². The van der Waals surface area contributed by atoms with Gasteiger partial charge in [-0.15, -0.1) is 0 Å². The molecule has 1 aromatic carbocycles. The number of amides is 3. The van der Waals surface area contributed by atoms with Crippen molar-refractivity contribution in [2.75, 3.05) is 11.9 Å². The van der Waals surface area contributed by atoms with Crippen LogP contribution in [0.15, 0.2) is 59.3 Å². The number of furan rings is 1. The zero-order valence-corrected chi connectivity index (χ0v) is 20.4. The van der Waals surface area contributed by atoms with Gasteiger partial charge in [0.1, 0.15) is 12.3 Å². The Balaban J connectivity index is 1.78. The summed E-state index contributed by atoms with van der Waals surface area (Å²) in [5.41, 5.74) is 1.48. The van der Waals surface area contributed by atoms with Gasteiger partial charge in [-0.2, -0.15) is 0 Å². The minimum Gasteiger partial charge on any atom is -0.467 e. The molecule has 2 heterocycles. The van der Waals surface area contributed by atoms with Gasteiger partial charge in [0, 0.05) is 30.7 Å². The molecule has 0 bridgehead atoms. The maximum atomic E-state index is 13.4. The maximum Gasteiger partial charge on any atom is 0.322 e. The summed E-state index contributed by atoms with van der Waals surface area (Å²) >= 11 is 12.0. The molecule has 0 fully saturated rings. The van der Waals surface area contributed by atoms with E-state index in [0.29, 0.717) is 41.0 Å². The minimum absolute atomic E-state index is 0.0761. The molecule has 0 radical (unpaired) electrons. The predicted octanol–water partition coefficient (Wildman–Crippen LogP) is 5.79. The Morgan fingerprint density at radius 1 is 1.12 bits per heavy atom. The van der Waals surface area contributed by atoms with Gasteiger partial charge >= 0.3 is 6.03 Å². The number of aryl methyl sites for hydroxylation is 1. The van der Waals surface area contributed by atoms with Crippen molar-refractivity contribution in [2.45, 2.75) is 39.4 Å². The van der Waals surface area contributed by atoms with E-state index in [1.807, 2.05) is 49.9 Å². The van der Waals surface area contributed by atoms with Gasteiger partial charge < -0.3 is 24.1 Å². The first-order chi connectivity index (χ1) is 15.8. The number of anilines is 1. The highest BCUT2D eigenvalue weighted by atomic mass is 35.5. The molecule has 1 N–H and O–H groups in total. The summed E-state index contributed by atoms with van der Waals surface area (Å²) in [4.78, 5) is 29.7. The van der Waals surface area contributed by atoms with Crippen LogP contribution in [0.1, 0.15) is 31.7 Å². The van der Waals surface area contributed by atoms with Gasteiger partial charge in [-0.1, -0.05) is 30.1 Å². The first kappa shape index (κ1) is 24.7. The summed E-state index contributed by atoms with van der Waals surface area (Å²) in [5.74, 6) is 0.491. The molecular formula is C24H28Cl2N4O3. The number of hydrogen-bond acceptors (Lipinski definition) is 3. The summed E-state index contributed by atoms with van der Waals surface area (Å²) in [5, 5.41) is 3.56. The van der Waals surface area contributed by atoms with E-state index in [9.17, 15) is 9.59 Å². The summed E-state index contributed by atoms with van der Waals surface area (Å²) in [7, 11) is 1.93. The van der Waals surface area contributed by atoms with Crippen molar-refractivity contribution in [1.29, 1.82) is 0 Å². The van der Waals surface area contributed by atoms with Crippen LogP contribution in [0, 0.1) is 0 Å². The Morgan fingerprint density at radius 2 is 1.91 bits per heavy atom. The molecule has 0 saturated carbocycles. The highest BCUT2D eigenvalue weighted by molar-refractivity contribution is 6.42. The monoisotopic (exact) mass is 490 g/mol. The average molecular weight is 491 g/mol. The summed E-state index contributed by atoms with van der Waals surface area (Å²) in [6.45, 7) is 4.51. The van der Waals surface area contributed by atoms with Crippen LogP contribution in [0.4, 0.5) is 10.5 Å². The number of nitrogens with zero attached hydrogens (tertiary/aromatic N) is 3. The van der Waals surface area contributed by atoms with E-state index in [0.717, 1.165) is 5.69 Å². The first-order valence-electron chi connectivity index (χ1n) is 10.7. The fourth-order valence-corrected chi connectivity index (χ4v) is 3.64. The van der Waals surface area contributed by atoms with Crippen molar-refractivity contribution in [1.82, 2.24) is 14.4 Å². The van der Waals surface area contributed by atoms with Gasteiger partial charge in [-0.25, -0.2) is 4.79 Å². The molecule has 3 rings (SSSR count). The lowest BCUT2D eigenvalue weighted by molar-refractivity contribution is -0.133. The third kappa shape index (κ3) is 6.55. The van der Waals surface area contributed by atoms with Gasteiger partial charge in [0.2, 0.25) is 5.91 Å². The molecule has 0 aliphatic rings. The summed E-state index contributed by atoms with van der Waals surface area (Å²) < 4.78 is 7.43. The highest BCUT2D eigenvalue weighted by Crippen LogP contribution is 2.25. The van der Waals surface area contributed by atoms with E-state index in [-0.39, 0.29) is 24.5 Å². The van der Waals surface area contributed by atoms with Crippen LogP contribution in [0.25, 0.3) is 0 Å². The molecule has 176 valence electrons. The van der Waals surface area contributed by atoms with Crippen molar-refractivity contribution in [3.63, 3.8) is 0 Å². The standard InChI is InChI=1S/C24H28Cl2N4O3/c1-4-17(2)30(24(32)27-18-9-10-21(25)22(26)13-18)16-23(31)29(15-20-8-6-12-33-20)14-19-7-5-11-28(19)3/h5-13,17H,4,14-16H2,1-3H3,(H,27,32). The third-order valence-corrected chi connectivity index (χ3v) is 6.28. The van der Waals surface area contributed by atoms with Gasteiger partial charge in [0.15, 0.2) is 0 Å². The van der Waals surface area contributed by atoms with Crippen LogP contribution in [0.2, 0.25) is 10.0 Å². The number of hydrogen-bond donors (Lipinski definition) is 1. The van der Waals surface area contributed by atoms with Gasteiger partial charge in [-0.3, -0.25) is 4.79 Å². The molecule has 7 nitrogen and oxygen atoms in total. The maximum absolute atomic E-state index is 13.4. The first-order valence-corrected chi connectivity index (χ1v) is 11.5. The lowest BCUT2D eigenvalue weighted by Gasteiger charge is -2.31. The Morgan fingerprint density at radius 3 is 2.52 bits per heavy atom. The highest BCUT2D eigenvalue weighted by Gasteiger charge is 2.26. The smallest absolute Gasteiger partial charge is 0.322 e. The largest absolute Gasteiger partial charge is 0.467 e. The molecular weight excluding hydrogens is 463 g/mol. The van der Waals surface area contributed by atoms with Gasteiger partial charge in [0.25, 0.3) is 0 Å². The lowest BCUT2D eigenvalue weighted by Crippen LogP contribution is -2.48. The minimum atomic E-state index is -0.382. The Hall–Kier alpha value is -2.90. The zero-order valence-electron chi connectivity index (χ0n) is 18.9. The molecule has 33 heavy (non-hydrogen) atoms. The number of aromatic nitrogens is 1. The van der Waals surface area contributed by atoms with E-state index in [2.05, 4.69) is 5.32 Å². The Labute approximate surface area is 203 Å². The summed E-state index contributed by atoms with van der Waals surface area (Å²) in [6, 6.07) is 11.8. The van der Waals surface area contributed by atoms with Crippen molar-refractivity contribution >= 4 is 40.8 Å². The van der Waals surface area contributed by atoms with Crippen LogP contribution < -0.4 is 5.32 Å². The number of urea groups is 1. The van der Waals surface area contributed by atoms with Crippen LogP contribution in [-0.2, 0) is 24.9 Å². The second-order valence-electron chi connectivity index (χ2n) is 7.88. The molecule has 1 atom stereocenters. The Bertz CT molecular complexity index is 1080. The summed E-state index contributed by atoms with van der Waals surface area (Å²) in [6.07, 6.45) is 4.20. The fourth-order valence-electron chi connectivity index (χ4n) is 3.34. The Kier molecular flexibility index (Phi) is 8.47. The number of carbonyl (C=O) groups is 2. The number of rotatable bonds is 9. The van der Waals surface area contributed by atoms with Crippen molar-refractivity contribution in [2.24, 2.45) is 7.05 Å².